The zero-order chi connectivity index (χ0) is 9.31. The number of carbonyl (C=O) groups is 1. The number of esters is 1. The van der Waals surface area contributed by atoms with Crippen LogP contribution in [0.15, 0.2) is 24.8 Å². The van der Waals surface area contributed by atoms with E-state index in [4.69, 9.17) is 4.74 Å². The summed E-state index contributed by atoms with van der Waals surface area (Å²) in [4.78, 5) is 11.6. The number of fused-ring (bicyclic) bond motifs is 1. The molecule has 0 bridgehead atoms. The molecule has 70 valence electrons. The lowest BCUT2D eigenvalue weighted by atomic mass is 9.68. The van der Waals surface area contributed by atoms with Crippen molar-refractivity contribution >= 4 is 5.97 Å². The molecule has 0 aromatic heterocycles. The van der Waals surface area contributed by atoms with Gasteiger partial charge in [-0.05, 0) is 19.3 Å². The molecule has 2 nitrogen and oxygen atoms in total. The summed E-state index contributed by atoms with van der Waals surface area (Å²) < 4.78 is 5.13. The molecule has 1 aliphatic heterocycles. The summed E-state index contributed by atoms with van der Waals surface area (Å²) in [5.74, 6) is 0.352. The van der Waals surface area contributed by atoms with Crippen molar-refractivity contribution in [3.05, 3.63) is 24.8 Å². The molecule has 0 aromatic rings. The maximum atomic E-state index is 11.6. The van der Waals surface area contributed by atoms with E-state index >= 15 is 0 Å². The Morgan fingerprint density at radius 1 is 1.69 bits per heavy atom. The summed E-state index contributed by atoms with van der Waals surface area (Å²) in [5.41, 5.74) is -0.267. The number of ether oxygens (including phenoxy) is 1. The summed E-state index contributed by atoms with van der Waals surface area (Å²) in [6, 6.07) is 0. The predicted molar refractivity (Wildman–Crippen MR) is 50.1 cm³/mol. The Kier molecular flexibility index (Phi) is 1.98. The topological polar surface area (TPSA) is 26.3 Å². The first-order valence-electron chi connectivity index (χ1n) is 4.73. The van der Waals surface area contributed by atoms with E-state index in [0.717, 1.165) is 19.3 Å². The average Bonchev–Trinajstić information content (AvgIpc) is 2.46. The third-order valence-electron chi connectivity index (χ3n) is 3.18. The van der Waals surface area contributed by atoms with Crippen LogP contribution in [-0.2, 0) is 9.53 Å². The van der Waals surface area contributed by atoms with Gasteiger partial charge < -0.3 is 4.74 Å². The molecule has 2 heteroatoms. The summed E-state index contributed by atoms with van der Waals surface area (Å²) in [6.45, 7) is 4.31. The van der Waals surface area contributed by atoms with Gasteiger partial charge in [-0.25, -0.2) is 0 Å². The van der Waals surface area contributed by atoms with Crippen LogP contribution in [0, 0.1) is 11.3 Å². The van der Waals surface area contributed by atoms with Crippen LogP contribution >= 0.6 is 0 Å². The normalized spacial score (nSPS) is 36.9. The Morgan fingerprint density at radius 3 is 3.31 bits per heavy atom. The second kappa shape index (κ2) is 3.02. The lowest BCUT2D eigenvalue weighted by Gasteiger charge is -2.30. The van der Waals surface area contributed by atoms with Gasteiger partial charge in [0.05, 0.1) is 12.0 Å². The van der Waals surface area contributed by atoms with Gasteiger partial charge in [0.15, 0.2) is 0 Å². The van der Waals surface area contributed by atoms with Crippen molar-refractivity contribution < 1.29 is 9.53 Å². The molecule has 13 heavy (non-hydrogen) atoms. The van der Waals surface area contributed by atoms with Crippen molar-refractivity contribution in [2.75, 3.05) is 6.61 Å². The fourth-order valence-electron chi connectivity index (χ4n) is 2.33. The standard InChI is InChI=1S/C11H14O2/c1-2-6-11-7-4-3-5-9(11)8-13-10(11)12/h2-4,9H,1,5-8H2/t9-,11-/m0/s1. The largest absolute Gasteiger partial charge is 0.465 e. The molecule has 1 aliphatic carbocycles. The second-order valence-corrected chi connectivity index (χ2v) is 3.86. The Balaban J connectivity index is 2.31. The lowest BCUT2D eigenvalue weighted by molar-refractivity contribution is -0.146. The fraction of sp³-hybridized carbons (Fsp3) is 0.545. The minimum atomic E-state index is -0.267. The van der Waals surface area contributed by atoms with Gasteiger partial charge in [-0.2, -0.15) is 0 Å². The molecule has 0 aromatic carbocycles. The molecule has 0 saturated carbocycles. The van der Waals surface area contributed by atoms with Gasteiger partial charge in [0, 0.05) is 5.92 Å². The first-order chi connectivity index (χ1) is 6.29. The van der Waals surface area contributed by atoms with Crippen molar-refractivity contribution in [1.82, 2.24) is 0 Å². The highest BCUT2D eigenvalue weighted by atomic mass is 16.5. The van der Waals surface area contributed by atoms with E-state index in [1.165, 1.54) is 0 Å². The quantitative estimate of drug-likeness (QED) is 0.478. The Hall–Kier alpha value is -1.05. The Labute approximate surface area is 78.3 Å². The number of allylic oxidation sites excluding steroid dienone is 3. The smallest absolute Gasteiger partial charge is 0.313 e. The number of carbonyl (C=O) groups excluding carboxylic acids is 1. The van der Waals surface area contributed by atoms with Crippen LogP contribution < -0.4 is 0 Å². The Bertz CT molecular complexity index is 267. The van der Waals surface area contributed by atoms with E-state index in [-0.39, 0.29) is 11.4 Å². The number of hydrogen-bond donors (Lipinski definition) is 0. The highest BCUT2D eigenvalue weighted by Gasteiger charge is 2.50. The van der Waals surface area contributed by atoms with Crippen molar-refractivity contribution in [2.45, 2.75) is 19.3 Å². The molecule has 0 N–H and O–H groups in total. The first-order valence-corrected chi connectivity index (χ1v) is 4.73. The van der Waals surface area contributed by atoms with Crippen molar-refractivity contribution in [1.29, 1.82) is 0 Å². The molecule has 0 radical (unpaired) electrons. The van der Waals surface area contributed by atoms with E-state index < -0.39 is 0 Å². The van der Waals surface area contributed by atoms with Gasteiger partial charge in [0.25, 0.3) is 0 Å². The molecule has 1 fully saturated rings. The minimum Gasteiger partial charge on any atom is -0.465 e. The summed E-state index contributed by atoms with van der Waals surface area (Å²) >= 11 is 0. The zero-order valence-electron chi connectivity index (χ0n) is 7.66. The van der Waals surface area contributed by atoms with Crippen LogP contribution in [0.2, 0.25) is 0 Å². The molecular weight excluding hydrogens is 164 g/mol. The van der Waals surface area contributed by atoms with Crippen LogP contribution in [0.4, 0.5) is 0 Å². The van der Waals surface area contributed by atoms with E-state index in [2.05, 4.69) is 18.7 Å². The molecule has 1 saturated heterocycles. The molecule has 2 rings (SSSR count). The van der Waals surface area contributed by atoms with Gasteiger partial charge >= 0.3 is 5.97 Å². The lowest BCUT2D eigenvalue weighted by Crippen LogP contribution is -2.33. The maximum absolute atomic E-state index is 11.6. The van der Waals surface area contributed by atoms with Crippen LogP contribution in [-0.4, -0.2) is 12.6 Å². The molecule has 0 spiro atoms. The SMILES string of the molecule is C=CC[C@]12CC=CC[C@H]1COC2=O. The molecule has 0 amide bonds. The van der Waals surface area contributed by atoms with Crippen LogP contribution in [0.3, 0.4) is 0 Å². The van der Waals surface area contributed by atoms with E-state index in [1.54, 1.807) is 0 Å². The maximum Gasteiger partial charge on any atom is 0.313 e. The second-order valence-electron chi connectivity index (χ2n) is 3.86. The van der Waals surface area contributed by atoms with Gasteiger partial charge in [-0.1, -0.05) is 18.2 Å². The first kappa shape index (κ1) is 8.54. The molecular formula is C11H14O2. The molecule has 2 atom stereocenters. The van der Waals surface area contributed by atoms with Crippen LogP contribution in [0.25, 0.3) is 0 Å². The van der Waals surface area contributed by atoms with Gasteiger partial charge in [-0.3, -0.25) is 4.79 Å². The van der Waals surface area contributed by atoms with E-state index in [1.807, 2.05) is 6.08 Å². The van der Waals surface area contributed by atoms with E-state index in [0.29, 0.717) is 12.5 Å². The zero-order valence-corrected chi connectivity index (χ0v) is 7.66. The van der Waals surface area contributed by atoms with Crippen LogP contribution in [0.1, 0.15) is 19.3 Å². The third kappa shape index (κ3) is 1.12. The fourth-order valence-corrected chi connectivity index (χ4v) is 2.33. The van der Waals surface area contributed by atoms with Crippen molar-refractivity contribution in [3.63, 3.8) is 0 Å². The van der Waals surface area contributed by atoms with Gasteiger partial charge in [0.1, 0.15) is 0 Å². The number of hydrogen-bond acceptors (Lipinski definition) is 2. The van der Waals surface area contributed by atoms with Crippen molar-refractivity contribution in [2.24, 2.45) is 11.3 Å². The molecule has 2 aliphatic rings. The number of rotatable bonds is 2. The molecule has 1 heterocycles. The van der Waals surface area contributed by atoms with Gasteiger partial charge in [0.2, 0.25) is 0 Å². The van der Waals surface area contributed by atoms with Crippen molar-refractivity contribution in [3.8, 4) is 0 Å². The summed E-state index contributed by atoms with van der Waals surface area (Å²) in [5, 5.41) is 0. The third-order valence-corrected chi connectivity index (χ3v) is 3.18. The van der Waals surface area contributed by atoms with E-state index in [9.17, 15) is 4.79 Å². The number of cyclic esters (lactones) is 1. The highest BCUT2D eigenvalue weighted by Crippen LogP contribution is 2.46. The Morgan fingerprint density at radius 2 is 2.54 bits per heavy atom. The molecule has 0 unspecified atom stereocenters. The summed E-state index contributed by atoms with van der Waals surface area (Å²) in [6.07, 6.45) is 8.61. The minimum absolute atomic E-state index is 0.0262. The summed E-state index contributed by atoms with van der Waals surface area (Å²) in [7, 11) is 0. The highest BCUT2D eigenvalue weighted by molar-refractivity contribution is 5.80. The monoisotopic (exact) mass is 178 g/mol. The van der Waals surface area contributed by atoms with Crippen LogP contribution in [0.5, 0.6) is 0 Å². The van der Waals surface area contributed by atoms with Gasteiger partial charge in [-0.15, -0.1) is 6.58 Å². The average molecular weight is 178 g/mol. The predicted octanol–water partition coefficient (Wildman–Crippen LogP) is 2.07.